The molecule has 0 aliphatic heterocycles. The van der Waals surface area contributed by atoms with Gasteiger partial charge in [-0.05, 0) is 17.0 Å². The van der Waals surface area contributed by atoms with Gasteiger partial charge in [-0.3, -0.25) is 5.41 Å². The molecule has 0 radical (unpaired) electrons. The smallest absolute Gasteiger partial charge is 0.133 e. The van der Waals surface area contributed by atoms with Crippen LogP contribution in [0.25, 0.3) is 0 Å². The lowest BCUT2D eigenvalue weighted by molar-refractivity contribution is 1.08. The van der Waals surface area contributed by atoms with E-state index in [4.69, 9.17) is 16.9 Å². The van der Waals surface area contributed by atoms with E-state index < -0.39 is 0 Å². The first-order valence-electron chi connectivity index (χ1n) is 2.86. The predicted molar refractivity (Wildman–Crippen MR) is 57.7 cm³/mol. The van der Waals surface area contributed by atoms with Crippen LogP contribution in [0.2, 0.25) is 0 Å². The Labute approximate surface area is 87.5 Å². The zero-order chi connectivity index (χ0) is 7.56. The lowest BCUT2D eigenvalue weighted by atomic mass is 10.3. The summed E-state index contributed by atoms with van der Waals surface area (Å²) in [6.45, 7) is 0.518. The van der Waals surface area contributed by atoms with Gasteiger partial charge in [-0.2, -0.15) is 0 Å². The zero-order valence-electron chi connectivity index (χ0n) is 6.24. The summed E-state index contributed by atoms with van der Waals surface area (Å²) in [7, 11) is 0. The van der Waals surface area contributed by atoms with E-state index in [0.717, 1.165) is 10.4 Å². The number of hydrogen-bond donors (Lipinski definition) is 3. The van der Waals surface area contributed by atoms with E-state index in [1.165, 1.54) is 11.3 Å². The highest BCUT2D eigenvalue weighted by atomic mass is 35.5. The monoisotopic (exact) mass is 227 g/mol. The minimum Gasteiger partial charge on any atom is -0.383 e. The van der Waals surface area contributed by atoms with E-state index in [1.54, 1.807) is 0 Å². The molecule has 0 fully saturated rings. The maximum Gasteiger partial charge on any atom is 0.133 e. The fraction of sp³-hybridized carbons (Fsp3) is 0.167. The minimum atomic E-state index is 0. The third kappa shape index (κ3) is 3.40. The molecule has 1 aromatic rings. The largest absolute Gasteiger partial charge is 0.383 e. The van der Waals surface area contributed by atoms with Crippen LogP contribution in [0.3, 0.4) is 0 Å². The van der Waals surface area contributed by atoms with Crippen LogP contribution in [0.1, 0.15) is 10.4 Å². The highest BCUT2D eigenvalue weighted by Crippen LogP contribution is 2.12. The summed E-state index contributed by atoms with van der Waals surface area (Å²) in [5, 5.41) is 8.98. The highest BCUT2D eigenvalue weighted by Gasteiger charge is 1.99. The van der Waals surface area contributed by atoms with E-state index in [-0.39, 0.29) is 30.6 Å². The van der Waals surface area contributed by atoms with Gasteiger partial charge < -0.3 is 11.5 Å². The zero-order valence-corrected chi connectivity index (χ0v) is 8.69. The minimum absolute atomic E-state index is 0. The van der Waals surface area contributed by atoms with Gasteiger partial charge in [0.15, 0.2) is 0 Å². The average molecular weight is 228 g/mol. The number of nitrogens with two attached hydrogens (primary N) is 2. The molecule has 1 rings (SSSR count). The summed E-state index contributed by atoms with van der Waals surface area (Å²) >= 11 is 1.45. The molecule has 0 aliphatic carbocycles. The van der Waals surface area contributed by atoms with Crippen molar-refractivity contribution in [3.8, 4) is 0 Å². The summed E-state index contributed by atoms with van der Waals surface area (Å²) < 4.78 is 0. The van der Waals surface area contributed by atoms with Crippen molar-refractivity contribution in [2.75, 3.05) is 0 Å². The number of halogens is 2. The van der Waals surface area contributed by atoms with Gasteiger partial charge in [-0.15, -0.1) is 36.2 Å². The molecule has 0 atom stereocenters. The number of hydrogen-bond acceptors (Lipinski definition) is 3. The molecule has 6 heteroatoms. The van der Waals surface area contributed by atoms with Crippen LogP contribution in [-0.4, -0.2) is 5.84 Å². The molecule has 0 spiro atoms. The molecule has 0 saturated carbocycles. The standard InChI is InChI=1S/C6H9N3S.2ClH/c7-2-4-1-5(6(8)9)10-3-4;;/h1,3H,2,7H2,(H3,8,9);2*1H. The molecule has 0 aliphatic rings. The first kappa shape index (κ1) is 14.2. The van der Waals surface area contributed by atoms with E-state index in [9.17, 15) is 0 Å². The molecular formula is C6H11Cl2N3S. The Balaban J connectivity index is 0. The van der Waals surface area contributed by atoms with E-state index >= 15 is 0 Å². The topological polar surface area (TPSA) is 75.9 Å². The molecule has 0 unspecified atom stereocenters. The molecular weight excluding hydrogens is 217 g/mol. The number of nitrogen functional groups attached to an aromatic ring is 1. The summed E-state index contributed by atoms with van der Waals surface area (Å²) in [4.78, 5) is 0.792. The van der Waals surface area contributed by atoms with Crippen molar-refractivity contribution in [1.82, 2.24) is 0 Å². The third-order valence-electron chi connectivity index (χ3n) is 1.15. The van der Waals surface area contributed by atoms with Crippen LogP contribution in [0, 0.1) is 5.41 Å². The van der Waals surface area contributed by atoms with Crippen molar-refractivity contribution in [3.63, 3.8) is 0 Å². The van der Waals surface area contributed by atoms with E-state index in [1.807, 2.05) is 11.4 Å². The van der Waals surface area contributed by atoms with Gasteiger partial charge in [-0.1, -0.05) is 0 Å². The molecule has 12 heavy (non-hydrogen) atoms. The van der Waals surface area contributed by atoms with Crippen molar-refractivity contribution in [2.24, 2.45) is 11.5 Å². The van der Waals surface area contributed by atoms with E-state index in [0.29, 0.717) is 6.54 Å². The van der Waals surface area contributed by atoms with Gasteiger partial charge in [0.2, 0.25) is 0 Å². The van der Waals surface area contributed by atoms with Gasteiger partial charge >= 0.3 is 0 Å². The lowest BCUT2D eigenvalue weighted by Gasteiger charge is -1.87. The molecule has 5 N–H and O–H groups in total. The summed E-state index contributed by atoms with van der Waals surface area (Å²) in [6, 6.07) is 1.84. The lowest BCUT2D eigenvalue weighted by Crippen LogP contribution is -2.08. The van der Waals surface area contributed by atoms with Crippen LogP contribution >= 0.6 is 36.2 Å². The first-order valence-corrected chi connectivity index (χ1v) is 3.74. The summed E-state index contributed by atoms with van der Waals surface area (Å²) in [5.74, 6) is 0.115. The van der Waals surface area contributed by atoms with Crippen LogP contribution in [-0.2, 0) is 6.54 Å². The Kier molecular flexibility index (Phi) is 7.42. The molecule has 1 heterocycles. The summed E-state index contributed by atoms with van der Waals surface area (Å²) in [6.07, 6.45) is 0. The Hall–Kier alpha value is -0.290. The van der Waals surface area contributed by atoms with Crippen LogP contribution < -0.4 is 11.5 Å². The maximum atomic E-state index is 7.07. The number of rotatable bonds is 2. The van der Waals surface area contributed by atoms with Crippen molar-refractivity contribution < 1.29 is 0 Å². The van der Waals surface area contributed by atoms with Gasteiger partial charge in [-0.25, -0.2) is 0 Å². The first-order chi connectivity index (χ1) is 4.74. The highest BCUT2D eigenvalue weighted by molar-refractivity contribution is 7.12. The average Bonchev–Trinajstić information content (AvgIpc) is 2.34. The molecule has 1 aromatic heterocycles. The quantitative estimate of drug-likeness (QED) is 0.527. The van der Waals surface area contributed by atoms with Gasteiger partial charge in [0.25, 0.3) is 0 Å². The molecule has 0 saturated heterocycles. The van der Waals surface area contributed by atoms with Crippen LogP contribution in [0.4, 0.5) is 0 Å². The maximum absolute atomic E-state index is 7.07. The predicted octanol–water partition coefficient (Wildman–Crippen LogP) is 1.33. The van der Waals surface area contributed by atoms with Crippen molar-refractivity contribution >= 4 is 42.0 Å². The van der Waals surface area contributed by atoms with Gasteiger partial charge in [0.1, 0.15) is 5.84 Å². The Bertz CT molecular complexity index is 249. The van der Waals surface area contributed by atoms with Crippen molar-refractivity contribution in [2.45, 2.75) is 6.54 Å². The van der Waals surface area contributed by atoms with Crippen molar-refractivity contribution in [3.05, 3.63) is 21.9 Å². The second-order valence-corrected chi connectivity index (χ2v) is 2.85. The van der Waals surface area contributed by atoms with Gasteiger partial charge in [0, 0.05) is 6.54 Å². The normalized spacial score (nSPS) is 8.08. The number of thiophene rings is 1. The number of nitrogens with one attached hydrogen (secondary N) is 1. The second kappa shape index (κ2) is 6.25. The molecule has 3 nitrogen and oxygen atoms in total. The van der Waals surface area contributed by atoms with E-state index in [2.05, 4.69) is 0 Å². The Morgan fingerprint density at radius 3 is 2.33 bits per heavy atom. The van der Waals surface area contributed by atoms with Crippen molar-refractivity contribution in [1.29, 1.82) is 5.41 Å². The Morgan fingerprint density at radius 1 is 1.50 bits per heavy atom. The molecule has 0 aromatic carbocycles. The fourth-order valence-corrected chi connectivity index (χ4v) is 1.41. The Morgan fingerprint density at radius 2 is 2.08 bits per heavy atom. The van der Waals surface area contributed by atoms with Crippen LogP contribution in [0.5, 0.6) is 0 Å². The fourth-order valence-electron chi connectivity index (χ4n) is 0.624. The third-order valence-corrected chi connectivity index (χ3v) is 2.17. The van der Waals surface area contributed by atoms with Crippen LogP contribution in [0.15, 0.2) is 11.4 Å². The summed E-state index contributed by atoms with van der Waals surface area (Å²) in [5.41, 5.74) is 11.6. The molecule has 70 valence electrons. The molecule has 0 bridgehead atoms. The van der Waals surface area contributed by atoms with Gasteiger partial charge in [0.05, 0.1) is 4.88 Å². The molecule has 0 amide bonds. The number of amidine groups is 1. The second-order valence-electron chi connectivity index (χ2n) is 1.94. The SMILES string of the molecule is Cl.Cl.N=C(N)c1cc(CN)cs1.